The van der Waals surface area contributed by atoms with Crippen LogP contribution in [0.15, 0.2) is 17.5 Å². The maximum atomic E-state index is 6.29. The first kappa shape index (κ1) is 14.4. The van der Waals surface area contributed by atoms with Gasteiger partial charge in [0, 0.05) is 4.88 Å². The van der Waals surface area contributed by atoms with Gasteiger partial charge in [-0.05, 0) is 49.9 Å². The van der Waals surface area contributed by atoms with Gasteiger partial charge in [0.1, 0.15) is 0 Å². The number of nitrogens with zero attached hydrogens (tertiary/aromatic N) is 2. The lowest BCUT2D eigenvalue weighted by Gasteiger charge is -2.20. The fourth-order valence-electron chi connectivity index (χ4n) is 2.01. The van der Waals surface area contributed by atoms with E-state index in [0.717, 1.165) is 39.8 Å². The molecule has 0 aliphatic carbocycles. The lowest BCUT2D eigenvalue weighted by Crippen LogP contribution is -2.24. The summed E-state index contributed by atoms with van der Waals surface area (Å²) in [5.41, 5.74) is 3.03. The van der Waals surface area contributed by atoms with Gasteiger partial charge < -0.3 is 5.32 Å². The number of hydrogen-bond acceptors (Lipinski definition) is 4. The molecule has 1 N–H and O–H groups in total. The zero-order chi connectivity index (χ0) is 13.8. The molecule has 0 amide bonds. The largest absolute Gasteiger partial charge is 0.305 e. The summed E-state index contributed by atoms with van der Waals surface area (Å²) in [5, 5.41) is 14.7. The highest BCUT2D eigenvalue weighted by atomic mass is 35.5. The number of hydrogen-bond donors (Lipinski definition) is 1. The van der Waals surface area contributed by atoms with Crippen LogP contribution in [0.2, 0.25) is 5.02 Å². The SMILES string of the molecule is CCCNC(c1cc(C)nnc1C)c1sccc1Cl. The van der Waals surface area contributed by atoms with Gasteiger partial charge in [-0.3, -0.25) is 0 Å². The summed E-state index contributed by atoms with van der Waals surface area (Å²) >= 11 is 7.96. The maximum absolute atomic E-state index is 6.29. The predicted octanol–water partition coefficient (Wildman–Crippen LogP) is 3.90. The molecule has 0 aliphatic heterocycles. The molecule has 0 saturated heterocycles. The summed E-state index contributed by atoms with van der Waals surface area (Å²) in [6.07, 6.45) is 1.08. The third-order valence-electron chi connectivity index (χ3n) is 2.96. The number of aromatic nitrogens is 2. The summed E-state index contributed by atoms with van der Waals surface area (Å²) in [4.78, 5) is 1.14. The molecule has 0 bridgehead atoms. The highest BCUT2D eigenvalue weighted by Gasteiger charge is 2.20. The van der Waals surface area contributed by atoms with Crippen molar-refractivity contribution in [3.63, 3.8) is 0 Å². The van der Waals surface area contributed by atoms with Crippen molar-refractivity contribution < 1.29 is 0 Å². The predicted molar refractivity (Wildman–Crippen MR) is 81.0 cm³/mol. The van der Waals surface area contributed by atoms with Gasteiger partial charge in [-0.25, -0.2) is 0 Å². The Balaban J connectivity index is 2.42. The molecule has 1 unspecified atom stereocenters. The van der Waals surface area contributed by atoms with Crippen LogP contribution in [0.5, 0.6) is 0 Å². The van der Waals surface area contributed by atoms with Crippen LogP contribution >= 0.6 is 22.9 Å². The Hall–Kier alpha value is -0.970. The first-order valence-corrected chi connectivity index (χ1v) is 7.66. The zero-order valence-electron chi connectivity index (χ0n) is 11.4. The van der Waals surface area contributed by atoms with E-state index in [4.69, 9.17) is 11.6 Å². The van der Waals surface area contributed by atoms with Crippen LogP contribution in [0.4, 0.5) is 0 Å². The molecule has 2 aromatic heterocycles. The van der Waals surface area contributed by atoms with Crippen LogP contribution in [0.1, 0.15) is 41.2 Å². The van der Waals surface area contributed by atoms with Gasteiger partial charge in [0.15, 0.2) is 0 Å². The van der Waals surface area contributed by atoms with Gasteiger partial charge in [0.25, 0.3) is 0 Å². The van der Waals surface area contributed by atoms with Crippen LogP contribution < -0.4 is 5.32 Å². The van der Waals surface area contributed by atoms with Crippen molar-refractivity contribution in [2.75, 3.05) is 6.54 Å². The Kier molecular flexibility index (Phi) is 4.91. The van der Waals surface area contributed by atoms with Gasteiger partial charge in [-0.2, -0.15) is 10.2 Å². The van der Waals surface area contributed by atoms with E-state index in [0.29, 0.717) is 0 Å². The minimum absolute atomic E-state index is 0.0987. The van der Waals surface area contributed by atoms with E-state index >= 15 is 0 Å². The topological polar surface area (TPSA) is 37.8 Å². The molecule has 1 atom stereocenters. The fraction of sp³-hybridized carbons (Fsp3) is 0.429. The Morgan fingerprint density at radius 1 is 1.37 bits per heavy atom. The standard InChI is InChI=1S/C14H18ClN3S/c1-4-6-16-13(14-12(15)5-7-19-14)11-8-9(2)17-18-10(11)3/h5,7-8,13,16H,4,6H2,1-3H3. The molecule has 0 aliphatic rings. The van der Waals surface area contributed by atoms with Crippen LogP contribution in [-0.2, 0) is 0 Å². The molecule has 0 saturated carbocycles. The van der Waals surface area contributed by atoms with E-state index in [2.05, 4.69) is 28.5 Å². The summed E-state index contributed by atoms with van der Waals surface area (Å²) < 4.78 is 0. The minimum atomic E-state index is 0.0987. The molecule has 2 rings (SSSR count). The zero-order valence-corrected chi connectivity index (χ0v) is 13.0. The second-order valence-electron chi connectivity index (χ2n) is 4.55. The first-order valence-electron chi connectivity index (χ1n) is 6.40. The second-order valence-corrected chi connectivity index (χ2v) is 5.90. The molecule has 5 heteroatoms. The molecule has 3 nitrogen and oxygen atoms in total. The summed E-state index contributed by atoms with van der Waals surface area (Å²) in [6, 6.07) is 4.13. The Morgan fingerprint density at radius 2 is 2.16 bits per heavy atom. The monoisotopic (exact) mass is 295 g/mol. The molecule has 0 radical (unpaired) electrons. The molecule has 0 aromatic carbocycles. The van der Waals surface area contributed by atoms with Crippen molar-refractivity contribution in [2.45, 2.75) is 33.2 Å². The summed E-state index contributed by atoms with van der Waals surface area (Å²) in [6.45, 7) is 7.05. The number of thiophene rings is 1. The number of halogens is 1. The normalized spacial score (nSPS) is 12.6. The van der Waals surface area contributed by atoms with Crippen molar-refractivity contribution in [3.05, 3.63) is 44.4 Å². The fourth-order valence-corrected chi connectivity index (χ4v) is 3.26. The van der Waals surface area contributed by atoms with E-state index in [1.54, 1.807) is 11.3 Å². The van der Waals surface area contributed by atoms with Crippen molar-refractivity contribution in [3.8, 4) is 0 Å². The maximum Gasteiger partial charge on any atom is 0.0705 e. The molecular weight excluding hydrogens is 278 g/mol. The van der Waals surface area contributed by atoms with Crippen molar-refractivity contribution in [2.24, 2.45) is 0 Å². The van der Waals surface area contributed by atoms with E-state index in [-0.39, 0.29) is 6.04 Å². The van der Waals surface area contributed by atoms with Crippen LogP contribution in [-0.4, -0.2) is 16.7 Å². The smallest absolute Gasteiger partial charge is 0.0705 e. The van der Waals surface area contributed by atoms with Crippen molar-refractivity contribution in [1.29, 1.82) is 0 Å². The van der Waals surface area contributed by atoms with E-state index in [1.807, 2.05) is 25.3 Å². The molecular formula is C14H18ClN3S. The lowest BCUT2D eigenvalue weighted by molar-refractivity contribution is 0.598. The van der Waals surface area contributed by atoms with Gasteiger partial charge >= 0.3 is 0 Å². The second kappa shape index (κ2) is 6.46. The average molecular weight is 296 g/mol. The quantitative estimate of drug-likeness (QED) is 0.909. The minimum Gasteiger partial charge on any atom is -0.305 e. The highest BCUT2D eigenvalue weighted by molar-refractivity contribution is 7.10. The van der Waals surface area contributed by atoms with E-state index in [9.17, 15) is 0 Å². The Labute approximate surface area is 123 Å². The first-order chi connectivity index (χ1) is 9.13. The Bertz CT molecular complexity index is 553. The molecule has 0 spiro atoms. The number of aryl methyl sites for hydroxylation is 2. The van der Waals surface area contributed by atoms with Crippen LogP contribution in [0.25, 0.3) is 0 Å². The van der Waals surface area contributed by atoms with Gasteiger partial charge in [-0.1, -0.05) is 18.5 Å². The molecule has 0 fully saturated rings. The van der Waals surface area contributed by atoms with Crippen molar-refractivity contribution >= 4 is 22.9 Å². The van der Waals surface area contributed by atoms with Crippen LogP contribution in [0, 0.1) is 13.8 Å². The van der Waals surface area contributed by atoms with Gasteiger partial charge in [0.05, 0.1) is 22.5 Å². The van der Waals surface area contributed by atoms with Crippen LogP contribution in [0.3, 0.4) is 0 Å². The highest BCUT2D eigenvalue weighted by Crippen LogP contribution is 2.33. The average Bonchev–Trinajstić information content (AvgIpc) is 2.80. The molecule has 102 valence electrons. The third kappa shape index (κ3) is 3.32. The number of nitrogens with one attached hydrogen (secondary N) is 1. The molecule has 2 heterocycles. The number of rotatable bonds is 5. The van der Waals surface area contributed by atoms with E-state index < -0.39 is 0 Å². The van der Waals surface area contributed by atoms with E-state index in [1.165, 1.54) is 0 Å². The van der Waals surface area contributed by atoms with Gasteiger partial charge in [-0.15, -0.1) is 11.3 Å². The summed E-state index contributed by atoms with van der Waals surface area (Å²) in [7, 11) is 0. The lowest BCUT2D eigenvalue weighted by atomic mass is 10.0. The van der Waals surface area contributed by atoms with Gasteiger partial charge in [0.2, 0.25) is 0 Å². The Morgan fingerprint density at radius 3 is 2.79 bits per heavy atom. The van der Waals surface area contributed by atoms with Crippen molar-refractivity contribution in [1.82, 2.24) is 15.5 Å². The molecule has 19 heavy (non-hydrogen) atoms. The molecule has 2 aromatic rings. The third-order valence-corrected chi connectivity index (χ3v) is 4.38. The summed E-state index contributed by atoms with van der Waals surface area (Å²) in [5.74, 6) is 0.